The Morgan fingerprint density at radius 1 is 0.812 bits per heavy atom. The summed E-state index contributed by atoms with van der Waals surface area (Å²) in [5, 5.41) is 3.94. The Labute approximate surface area is 98.0 Å². The molecule has 0 aliphatic heterocycles. The first kappa shape index (κ1) is 8.63. The van der Waals surface area contributed by atoms with Gasteiger partial charge in [0.1, 0.15) is 0 Å². The van der Waals surface area contributed by atoms with Gasteiger partial charge in [-0.15, -0.1) is 0 Å². The van der Waals surface area contributed by atoms with Crippen LogP contribution in [0.3, 0.4) is 0 Å². The Morgan fingerprint density at radius 2 is 1.56 bits per heavy atom. The van der Waals surface area contributed by atoms with E-state index < -0.39 is 0 Å². The fourth-order valence-corrected chi connectivity index (χ4v) is 4.48. The van der Waals surface area contributed by atoms with E-state index in [0.29, 0.717) is 14.5 Å². The average molecular weight is 271 g/mol. The quantitative estimate of drug-likeness (QED) is 0.443. The second-order valence-electron chi connectivity index (χ2n) is 3.86. The number of benzene rings is 2. The third kappa shape index (κ3) is 1.01. The Kier molecular flexibility index (Phi) is 1.62. The summed E-state index contributed by atoms with van der Waals surface area (Å²) in [6, 6.07) is 16.9. The fraction of sp³-hybridized carbons (Fsp3) is 0. The SMILES string of the molecule is c1ccc2c(c1)oc1[se]c3ccccc3c12. The van der Waals surface area contributed by atoms with Crippen LogP contribution in [0.5, 0.6) is 0 Å². The molecule has 16 heavy (non-hydrogen) atoms. The molecule has 76 valence electrons. The van der Waals surface area contributed by atoms with Crippen LogP contribution in [0.2, 0.25) is 0 Å². The van der Waals surface area contributed by atoms with Gasteiger partial charge in [0.25, 0.3) is 0 Å². The maximum atomic E-state index is 5.92. The molecule has 0 saturated heterocycles. The molecular formula is C14H8OSe. The first-order valence-electron chi connectivity index (χ1n) is 5.22. The van der Waals surface area contributed by atoms with Crippen molar-refractivity contribution in [1.29, 1.82) is 0 Å². The Morgan fingerprint density at radius 3 is 2.50 bits per heavy atom. The summed E-state index contributed by atoms with van der Waals surface area (Å²) < 4.78 is 8.54. The van der Waals surface area contributed by atoms with Gasteiger partial charge < -0.3 is 0 Å². The molecule has 2 aromatic heterocycles. The number of furan rings is 1. The van der Waals surface area contributed by atoms with Gasteiger partial charge in [-0.05, 0) is 0 Å². The van der Waals surface area contributed by atoms with E-state index in [-0.39, 0.29) is 0 Å². The second kappa shape index (κ2) is 3.00. The summed E-state index contributed by atoms with van der Waals surface area (Å²) in [5.74, 6) is 0. The minimum absolute atomic E-state index is 0.338. The van der Waals surface area contributed by atoms with Gasteiger partial charge in [-0.2, -0.15) is 0 Å². The van der Waals surface area contributed by atoms with Crippen molar-refractivity contribution in [3.8, 4) is 0 Å². The molecule has 0 aliphatic carbocycles. The Hall–Kier alpha value is -1.50. The summed E-state index contributed by atoms with van der Waals surface area (Å²) in [4.78, 5) is 0. The number of hydrogen-bond acceptors (Lipinski definition) is 1. The number of hydrogen-bond donors (Lipinski definition) is 0. The standard InChI is InChI=1S/C14H8OSe/c1-3-7-11-9(5-1)13-10-6-2-4-8-12(10)16-14(13)15-11/h1-8H. The van der Waals surface area contributed by atoms with E-state index in [1.807, 2.05) is 12.1 Å². The van der Waals surface area contributed by atoms with Crippen LogP contribution in [0.1, 0.15) is 0 Å². The van der Waals surface area contributed by atoms with Crippen molar-refractivity contribution in [2.45, 2.75) is 0 Å². The zero-order chi connectivity index (χ0) is 10.5. The predicted octanol–water partition coefficient (Wildman–Crippen LogP) is 3.80. The van der Waals surface area contributed by atoms with Gasteiger partial charge in [0.05, 0.1) is 0 Å². The number of para-hydroxylation sites is 1. The van der Waals surface area contributed by atoms with Crippen LogP contribution in [0.25, 0.3) is 30.5 Å². The van der Waals surface area contributed by atoms with Crippen LogP contribution in [0, 0.1) is 0 Å². The molecule has 0 spiro atoms. The Balaban J connectivity index is 2.38. The van der Waals surface area contributed by atoms with Crippen molar-refractivity contribution in [3.63, 3.8) is 0 Å². The van der Waals surface area contributed by atoms with E-state index in [9.17, 15) is 0 Å². The normalized spacial score (nSPS) is 11.8. The van der Waals surface area contributed by atoms with Crippen LogP contribution in [-0.4, -0.2) is 14.5 Å². The van der Waals surface area contributed by atoms with E-state index in [2.05, 4.69) is 36.4 Å². The van der Waals surface area contributed by atoms with Gasteiger partial charge in [-0.1, -0.05) is 0 Å². The van der Waals surface area contributed by atoms with Crippen molar-refractivity contribution in [1.82, 2.24) is 0 Å². The summed E-state index contributed by atoms with van der Waals surface area (Å²) in [7, 11) is 0. The maximum absolute atomic E-state index is 5.92. The van der Waals surface area contributed by atoms with Crippen molar-refractivity contribution in [2.75, 3.05) is 0 Å². The van der Waals surface area contributed by atoms with E-state index in [4.69, 9.17) is 4.42 Å². The van der Waals surface area contributed by atoms with Crippen LogP contribution < -0.4 is 0 Å². The van der Waals surface area contributed by atoms with Crippen LogP contribution in [-0.2, 0) is 0 Å². The van der Waals surface area contributed by atoms with Crippen LogP contribution >= 0.6 is 0 Å². The van der Waals surface area contributed by atoms with Gasteiger partial charge in [-0.3, -0.25) is 0 Å². The van der Waals surface area contributed by atoms with Gasteiger partial charge in [0.15, 0.2) is 0 Å². The van der Waals surface area contributed by atoms with E-state index in [1.54, 1.807) is 0 Å². The molecule has 1 nitrogen and oxygen atoms in total. The molecule has 0 fully saturated rings. The number of rotatable bonds is 0. The summed E-state index contributed by atoms with van der Waals surface area (Å²) in [6.07, 6.45) is 0. The summed E-state index contributed by atoms with van der Waals surface area (Å²) in [5.41, 5.74) is 1.02. The molecule has 4 rings (SSSR count). The van der Waals surface area contributed by atoms with E-state index >= 15 is 0 Å². The average Bonchev–Trinajstić information content (AvgIpc) is 2.83. The van der Waals surface area contributed by atoms with Crippen LogP contribution in [0.4, 0.5) is 0 Å². The molecule has 0 N–H and O–H groups in total. The Bertz CT molecular complexity index is 742. The third-order valence-electron chi connectivity index (χ3n) is 2.92. The monoisotopic (exact) mass is 272 g/mol. The molecule has 0 aliphatic rings. The van der Waals surface area contributed by atoms with Crippen molar-refractivity contribution in [3.05, 3.63) is 48.5 Å². The fourth-order valence-electron chi connectivity index (χ4n) is 2.21. The second-order valence-corrected chi connectivity index (χ2v) is 5.99. The van der Waals surface area contributed by atoms with Gasteiger partial charge in [-0.25, -0.2) is 0 Å². The topological polar surface area (TPSA) is 13.1 Å². The van der Waals surface area contributed by atoms with Gasteiger partial charge in [0.2, 0.25) is 0 Å². The first-order chi connectivity index (χ1) is 7.93. The first-order valence-corrected chi connectivity index (χ1v) is 6.93. The molecule has 2 heterocycles. The molecule has 0 radical (unpaired) electrons. The molecule has 2 aromatic carbocycles. The molecule has 0 bridgehead atoms. The van der Waals surface area contributed by atoms with E-state index in [0.717, 1.165) is 5.58 Å². The third-order valence-corrected chi connectivity index (χ3v) is 5.12. The van der Waals surface area contributed by atoms with Gasteiger partial charge in [0, 0.05) is 0 Å². The predicted molar refractivity (Wildman–Crippen MR) is 68.2 cm³/mol. The minimum atomic E-state index is 0.338. The molecule has 0 saturated carbocycles. The summed E-state index contributed by atoms with van der Waals surface area (Å²) in [6.45, 7) is 0. The zero-order valence-corrected chi connectivity index (χ0v) is 10.1. The molecule has 0 amide bonds. The van der Waals surface area contributed by atoms with Crippen molar-refractivity contribution < 1.29 is 4.42 Å². The van der Waals surface area contributed by atoms with Crippen molar-refractivity contribution in [2.24, 2.45) is 0 Å². The molecule has 0 unspecified atom stereocenters. The molecule has 4 aromatic rings. The molecular weight excluding hydrogens is 263 g/mol. The van der Waals surface area contributed by atoms with E-state index in [1.165, 1.54) is 24.9 Å². The van der Waals surface area contributed by atoms with Crippen molar-refractivity contribution >= 4 is 45.0 Å². The van der Waals surface area contributed by atoms with Gasteiger partial charge >= 0.3 is 97.9 Å². The zero-order valence-electron chi connectivity index (χ0n) is 8.44. The molecule has 0 atom stereocenters. The van der Waals surface area contributed by atoms with Crippen LogP contribution in [0.15, 0.2) is 52.9 Å². The summed E-state index contributed by atoms with van der Waals surface area (Å²) >= 11 is 0.338. The number of fused-ring (bicyclic) bond motifs is 5. The molecule has 2 heteroatoms.